The first-order chi connectivity index (χ1) is 7.30. The van der Waals surface area contributed by atoms with Crippen molar-refractivity contribution in [2.24, 2.45) is 5.92 Å². The van der Waals surface area contributed by atoms with E-state index in [4.69, 9.17) is 14.6 Å². The number of rotatable bonds is 0. The Bertz CT molecular complexity index is 235. The Kier molecular flexibility index (Phi) is 5.85. The third-order valence-corrected chi connectivity index (χ3v) is 2.08. The summed E-state index contributed by atoms with van der Waals surface area (Å²) in [6.07, 6.45) is 0.927. The third kappa shape index (κ3) is 6.27. The molecule has 0 unspecified atom stereocenters. The molecule has 1 saturated heterocycles. The molecule has 0 aliphatic carbocycles. The fourth-order valence-electron chi connectivity index (χ4n) is 1.43. The van der Waals surface area contributed by atoms with E-state index in [-0.39, 0.29) is 18.2 Å². The molecule has 1 heterocycles. The van der Waals surface area contributed by atoms with Crippen LogP contribution in [0, 0.1) is 5.92 Å². The summed E-state index contributed by atoms with van der Waals surface area (Å²) in [4.78, 5) is 21.7. The molecule has 1 rings (SSSR count). The fourth-order valence-corrected chi connectivity index (χ4v) is 1.43. The van der Waals surface area contributed by atoms with Crippen molar-refractivity contribution in [2.75, 3.05) is 13.1 Å². The van der Waals surface area contributed by atoms with Crippen LogP contribution in [0.15, 0.2) is 0 Å². The van der Waals surface area contributed by atoms with Gasteiger partial charge in [0.2, 0.25) is 0 Å². The predicted molar refractivity (Wildman–Crippen MR) is 60.3 cm³/mol. The average Bonchev–Trinajstić information content (AvgIpc) is 2.50. The molecular formula is C11H21NO4. The number of carboxylic acid groups (broad SMARTS) is 1. The normalized spacial score (nSPS) is 19.8. The molecule has 1 N–H and O–H groups in total. The minimum Gasteiger partial charge on any atom is -0.483 e. The van der Waals surface area contributed by atoms with Crippen LogP contribution in [0.2, 0.25) is 0 Å². The largest absolute Gasteiger partial charge is 0.483 e. The summed E-state index contributed by atoms with van der Waals surface area (Å²) in [5.41, 5.74) is -0.372. The summed E-state index contributed by atoms with van der Waals surface area (Å²) in [5, 5.41) is 6.89. The lowest BCUT2D eigenvalue weighted by Crippen LogP contribution is -2.35. The highest BCUT2D eigenvalue weighted by Crippen LogP contribution is 2.18. The number of hydrogen-bond acceptors (Lipinski definition) is 3. The molecule has 0 aromatic rings. The molecule has 5 nitrogen and oxygen atoms in total. The van der Waals surface area contributed by atoms with E-state index in [0.717, 1.165) is 19.5 Å². The van der Waals surface area contributed by atoms with Gasteiger partial charge in [0.1, 0.15) is 5.60 Å². The van der Waals surface area contributed by atoms with Crippen LogP contribution in [0.3, 0.4) is 0 Å². The van der Waals surface area contributed by atoms with Gasteiger partial charge < -0.3 is 14.7 Å². The van der Waals surface area contributed by atoms with Gasteiger partial charge in [-0.05, 0) is 33.1 Å². The van der Waals surface area contributed by atoms with Gasteiger partial charge in [0.05, 0.1) is 0 Å². The predicted octanol–water partition coefficient (Wildman–Crippen LogP) is 1.96. The number of hydrogen-bond donors (Lipinski definition) is 1. The Morgan fingerprint density at radius 1 is 1.50 bits per heavy atom. The molecule has 0 aromatic carbocycles. The minimum atomic E-state index is -0.372. The summed E-state index contributed by atoms with van der Waals surface area (Å²) < 4.78 is 5.26. The van der Waals surface area contributed by atoms with E-state index in [9.17, 15) is 4.79 Å². The molecule has 1 atom stereocenters. The van der Waals surface area contributed by atoms with Gasteiger partial charge in [0.15, 0.2) is 0 Å². The number of ether oxygens (including phenoxy) is 1. The molecule has 0 bridgehead atoms. The van der Waals surface area contributed by atoms with Crippen molar-refractivity contribution in [2.45, 2.75) is 39.7 Å². The summed E-state index contributed by atoms with van der Waals surface area (Å²) >= 11 is 0. The smallest absolute Gasteiger partial charge is 0.410 e. The van der Waals surface area contributed by atoms with E-state index in [1.54, 1.807) is 4.90 Å². The van der Waals surface area contributed by atoms with Gasteiger partial charge in [-0.15, -0.1) is 0 Å². The zero-order valence-corrected chi connectivity index (χ0v) is 10.4. The Morgan fingerprint density at radius 2 is 2.00 bits per heavy atom. The maximum Gasteiger partial charge on any atom is 0.410 e. The number of nitrogens with zero attached hydrogens (tertiary/aromatic N) is 1. The van der Waals surface area contributed by atoms with Crippen molar-refractivity contribution in [1.82, 2.24) is 4.90 Å². The van der Waals surface area contributed by atoms with Crippen molar-refractivity contribution in [3.8, 4) is 0 Å². The summed E-state index contributed by atoms with van der Waals surface area (Å²) in [6, 6.07) is 0. The van der Waals surface area contributed by atoms with E-state index >= 15 is 0 Å². The van der Waals surface area contributed by atoms with Gasteiger partial charge in [0.25, 0.3) is 6.47 Å². The molecule has 1 fully saturated rings. The highest BCUT2D eigenvalue weighted by molar-refractivity contribution is 5.68. The average molecular weight is 231 g/mol. The Hall–Kier alpha value is -1.26. The van der Waals surface area contributed by atoms with Gasteiger partial charge in [0, 0.05) is 13.1 Å². The molecule has 0 spiro atoms. The topological polar surface area (TPSA) is 66.8 Å². The van der Waals surface area contributed by atoms with E-state index in [1.165, 1.54) is 0 Å². The van der Waals surface area contributed by atoms with Crippen LogP contribution < -0.4 is 0 Å². The number of likely N-dealkylation sites (tertiary alicyclic amines) is 1. The lowest BCUT2D eigenvalue weighted by atomic mass is 10.2. The Balaban J connectivity index is 0.000000673. The van der Waals surface area contributed by atoms with Crippen molar-refractivity contribution in [3.63, 3.8) is 0 Å². The standard InChI is InChI=1S/C10H19NO2.CH2O2/c1-8-5-6-11(7-8)9(12)13-10(2,3)4;2-1-3/h8H,5-7H2,1-4H3;1H,(H,2,3)/t8-;/m0./s1. The van der Waals surface area contributed by atoms with Gasteiger partial charge in [-0.25, -0.2) is 4.79 Å². The zero-order chi connectivity index (χ0) is 12.8. The molecule has 1 amide bonds. The first-order valence-electron chi connectivity index (χ1n) is 5.36. The third-order valence-electron chi connectivity index (χ3n) is 2.08. The van der Waals surface area contributed by atoms with Crippen molar-refractivity contribution in [3.05, 3.63) is 0 Å². The van der Waals surface area contributed by atoms with E-state index in [1.807, 2.05) is 20.8 Å². The fraction of sp³-hybridized carbons (Fsp3) is 0.818. The maximum absolute atomic E-state index is 11.5. The number of amides is 1. The van der Waals surface area contributed by atoms with Gasteiger partial charge in [-0.3, -0.25) is 4.79 Å². The quantitative estimate of drug-likeness (QED) is 0.647. The molecule has 16 heavy (non-hydrogen) atoms. The summed E-state index contributed by atoms with van der Waals surface area (Å²) in [7, 11) is 0. The highest BCUT2D eigenvalue weighted by Gasteiger charge is 2.27. The van der Waals surface area contributed by atoms with Crippen molar-refractivity contribution < 1.29 is 19.4 Å². The van der Waals surface area contributed by atoms with Gasteiger partial charge in [-0.2, -0.15) is 0 Å². The lowest BCUT2D eigenvalue weighted by molar-refractivity contribution is -0.122. The first kappa shape index (κ1) is 14.7. The first-order valence-corrected chi connectivity index (χ1v) is 5.36. The SMILES string of the molecule is C[C@H]1CCN(C(=O)OC(C)(C)C)C1.O=CO. The number of carbonyl (C=O) groups is 2. The van der Waals surface area contributed by atoms with Crippen LogP contribution in [-0.4, -0.2) is 41.3 Å². The maximum atomic E-state index is 11.5. The molecular weight excluding hydrogens is 210 g/mol. The molecule has 0 saturated carbocycles. The van der Waals surface area contributed by atoms with Gasteiger partial charge in [-0.1, -0.05) is 6.92 Å². The minimum absolute atomic E-state index is 0.170. The van der Waals surface area contributed by atoms with Crippen molar-refractivity contribution >= 4 is 12.6 Å². The van der Waals surface area contributed by atoms with E-state index in [0.29, 0.717) is 5.92 Å². The molecule has 1 aliphatic heterocycles. The second kappa shape index (κ2) is 6.35. The van der Waals surface area contributed by atoms with Crippen LogP contribution in [0.4, 0.5) is 4.79 Å². The molecule has 1 aliphatic rings. The van der Waals surface area contributed by atoms with Crippen LogP contribution in [0.25, 0.3) is 0 Å². The van der Waals surface area contributed by atoms with Crippen LogP contribution in [-0.2, 0) is 9.53 Å². The highest BCUT2D eigenvalue weighted by atomic mass is 16.6. The monoisotopic (exact) mass is 231 g/mol. The summed E-state index contributed by atoms with van der Waals surface area (Å²) in [5.74, 6) is 0.618. The molecule has 5 heteroatoms. The molecule has 94 valence electrons. The van der Waals surface area contributed by atoms with Crippen molar-refractivity contribution in [1.29, 1.82) is 0 Å². The van der Waals surface area contributed by atoms with E-state index < -0.39 is 0 Å². The van der Waals surface area contributed by atoms with Gasteiger partial charge >= 0.3 is 6.09 Å². The molecule has 0 radical (unpaired) electrons. The molecule has 0 aromatic heterocycles. The van der Waals surface area contributed by atoms with Crippen LogP contribution in [0.5, 0.6) is 0 Å². The number of carbonyl (C=O) groups excluding carboxylic acids is 1. The lowest BCUT2D eigenvalue weighted by Gasteiger charge is -2.24. The summed E-state index contributed by atoms with van der Waals surface area (Å²) in [6.45, 7) is 9.27. The van der Waals surface area contributed by atoms with Crippen LogP contribution >= 0.6 is 0 Å². The van der Waals surface area contributed by atoms with Crippen LogP contribution in [0.1, 0.15) is 34.1 Å². The second-order valence-corrected chi connectivity index (χ2v) is 4.93. The van der Waals surface area contributed by atoms with E-state index in [2.05, 4.69) is 6.92 Å². The Morgan fingerprint density at radius 3 is 2.31 bits per heavy atom. The second-order valence-electron chi connectivity index (χ2n) is 4.93. The Labute approximate surface area is 96.4 Å². The zero-order valence-electron chi connectivity index (χ0n) is 10.4.